The molecule has 0 atom stereocenters. The predicted octanol–water partition coefficient (Wildman–Crippen LogP) is 3.62. The summed E-state index contributed by atoms with van der Waals surface area (Å²) in [5, 5.41) is 9.85. The van der Waals surface area contributed by atoms with Gasteiger partial charge in [-0.15, -0.1) is 11.8 Å². The highest BCUT2D eigenvalue weighted by Crippen LogP contribution is 2.33. The third-order valence-corrected chi connectivity index (χ3v) is 5.27. The Bertz CT molecular complexity index is 1050. The molecule has 2 heterocycles. The second-order valence-electron chi connectivity index (χ2n) is 6.03. The van der Waals surface area contributed by atoms with Gasteiger partial charge in [0.1, 0.15) is 5.82 Å². The van der Waals surface area contributed by atoms with E-state index in [0.717, 1.165) is 4.90 Å². The zero-order chi connectivity index (χ0) is 19.0. The number of amides is 2. The quantitative estimate of drug-likeness (QED) is 0.726. The SMILES string of the molecule is Cc1c(C(=O)Nc2ccc3c(c2)NC(=O)CS3)cnn1-c1ccc(F)cc1. The summed E-state index contributed by atoms with van der Waals surface area (Å²) >= 11 is 1.46. The smallest absolute Gasteiger partial charge is 0.259 e. The van der Waals surface area contributed by atoms with E-state index in [0.29, 0.717) is 34.1 Å². The normalized spacial score (nSPS) is 13.0. The van der Waals surface area contributed by atoms with Gasteiger partial charge < -0.3 is 10.6 Å². The van der Waals surface area contributed by atoms with Gasteiger partial charge in [-0.2, -0.15) is 5.10 Å². The van der Waals surface area contributed by atoms with Crippen molar-refractivity contribution in [3.05, 3.63) is 65.7 Å². The molecule has 4 rings (SSSR count). The van der Waals surface area contributed by atoms with Crippen LogP contribution in [0.3, 0.4) is 0 Å². The molecule has 0 fully saturated rings. The first-order valence-electron chi connectivity index (χ1n) is 8.20. The highest BCUT2D eigenvalue weighted by atomic mass is 32.2. The van der Waals surface area contributed by atoms with Gasteiger partial charge >= 0.3 is 0 Å². The number of halogens is 1. The van der Waals surface area contributed by atoms with E-state index in [1.807, 2.05) is 6.07 Å². The maximum absolute atomic E-state index is 13.1. The lowest BCUT2D eigenvalue weighted by atomic mass is 10.2. The number of nitrogens with one attached hydrogen (secondary N) is 2. The molecule has 27 heavy (non-hydrogen) atoms. The molecule has 0 saturated carbocycles. The average Bonchev–Trinajstić information content (AvgIpc) is 3.03. The molecular weight excluding hydrogens is 367 g/mol. The van der Waals surface area contributed by atoms with Gasteiger partial charge in [0.25, 0.3) is 5.91 Å². The molecule has 0 aliphatic carbocycles. The number of aromatic nitrogens is 2. The number of carbonyl (C=O) groups excluding carboxylic acids is 2. The summed E-state index contributed by atoms with van der Waals surface area (Å²) in [7, 11) is 0. The van der Waals surface area contributed by atoms with Crippen LogP contribution in [0.2, 0.25) is 0 Å². The first-order chi connectivity index (χ1) is 13.0. The van der Waals surface area contributed by atoms with Crippen molar-refractivity contribution in [3.63, 3.8) is 0 Å². The minimum absolute atomic E-state index is 0.0626. The molecule has 6 nitrogen and oxygen atoms in total. The Morgan fingerprint density at radius 1 is 1.26 bits per heavy atom. The fourth-order valence-electron chi connectivity index (χ4n) is 2.83. The molecule has 1 aliphatic heterocycles. The monoisotopic (exact) mass is 382 g/mol. The minimum Gasteiger partial charge on any atom is -0.324 e. The van der Waals surface area contributed by atoms with Gasteiger partial charge in [0.05, 0.1) is 34.6 Å². The van der Waals surface area contributed by atoms with E-state index in [-0.39, 0.29) is 17.6 Å². The maximum atomic E-state index is 13.1. The maximum Gasteiger partial charge on any atom is 0.259 e. The molecular formula is C19H15FN4O2S. The van der Waals surface area contributed by atoms with Crippen molar-refractivity contribution in [2.45, 2.75) is 11.8 Å². The van der Waals surface area contributed by atoms with Crippen LogP contribution < -0.4 is 10.6 Å². The molecule has 3 aromatic rings. The Morgan fingerprint density at radius 3 is 2.81 bits per heavy atom. The van der Waals surface area contributed by atoms with Crippen LogP contribution >= 0.6 is 11.8 Å². The fourth-order valence-corrected chi connectivity index (χ4v) is 3.62. The van der Waals surface area contributed by atoms with Crippen molar-refractivity contribution >= 4 is 35.0 Å². The summed E-state index contributed by atoms with van der Waals surface area (Å²) in [6.45, 7) is 1.77. The first-order valence-corrected chi connectivity index (χ1v) is 9.18. The van der Waals surface area contributed by atoms with Crippen LogP contribution in [0.1, 0.15) is 16.1 Å². The highest BCUT2D eigenvalue weighted by Gasteiger charge is 2.18. The third-order valence-electron chi connectivity index (χ3n) is 4.20. The van der Waals surface area contributed by atoms with E-state index >= 15 is 0 Å². The summed E-state index contributed by atoms with van der Waals surface area (Å²) in [6.07, 6.45) is 1.48. The van der Waals surface area contributed by atoms with Gasteiger partial charge in [0, 0.05) is 10.6 Å². The van der Waals surface area contributed by atoms with Gasteiger partial charge in [0.2, 0.25) is 5.91 Å². The zero-order valence-corrected chi connectivity index (χ0v) is 15.1. The van der Waals surface area contributed by atoms with Crippen molar-refractivity contribution in [1.29, 1.82) is 0 Å². The Balaban J connectivity index is 1.56. The molecule has 2 amide bonds. The number of thioether (sulfide) groups is 1. The van der Waals surface area contributed by atoms with Crippen LogP contribution in [0.25, 0.3) is 5.69 Å². The molecule has 0 saturated heterocycles. The van der Waals surface area contributed by atoms with E-state index in [9.17, 15) is 14.0 Å². The van der Waals surface area contributed by atoms with Crippen molar-refractivity contribution in [2.75, 3.05) is 16.4 Å². The molecule has 1 aromatic heterocycles. The van der Waals surface area contributed by atoms with Crippen LogP contribution in [-0.2, 0) is 4.79 Å². The summed E-state index contributed by atoms with van der Waals surface area (Å²) in [6, 6.07) is 11.3. The lowest BCUT2D eigenvalue weighted by Crippen LogP contribution is -2.19. The second-order valence-corrected chi connectivity index (χ2v) is 7.05. The van der Waals surface area contributed by atoms with Crippen molar-refractivity contribution in [2.24, 2.45) is 0 Å². The van der Waals surface area contributed by atoms with Crippen LogP contribution in [0.4, 0.5) is 15.8 Å². The van der Waals surface area contributed by atoms with E-state index < -0.39 is 0 Å². The molecule has 2 aromatic carbocycles. The first kappa shape index (κ1) is 17.3. The minimum atomic E-state index is -0.334. The van der Waals surface area contributed by atoms with Gasteiger partial charge in [-0.1, -0.05) is 0 Å². The van der Waals surface area contributed by atoms with Gasteiger partial charge in [0.15, 0.2) is 0 Å². The van der Waals surface area contributed by atoms with E-state index in [1.165, 1.54) is 30.1 Å². The number of carbonyl (C=O) groups is 2. The number of fused-ring (bicyclic) bond motifs is 1. The highest BCUT2D eigenvalue weighted by molar-refractivity contribution is 8.00. The number of hydrogen-bond donors (Lipinski definition) is 2. The number of benzene rings is 2. The molecule has 0 unspecified atom stereocenters. The van der Waals surface area contributed by atoms with Crippen LogP contribution in [-0.4, -0.2) is 27.3 Å². The van der Waals surface area contributed by atoms with Crippen molar-refractivity contribution in [3.8, 4) is 5.69 Å². The van der Waals surface area contributed by atoms with Gasteiger partial charge in [-0.05, 0) is 49.4 Å². The number of rotatable bonds is 3. The summed E-state index contributed by atoms with van der Waals surface area (Å²) in [5.74, 6) is -0.317. The molecule has 0 spiro atoms. The van der Waals surface area contributed by atoms with E-state index in [1.54, 1.807) is 35.9 Å². The van der Waals surface area contributed by atoms with Crippen molar-refractivity contribution in [1.82, 2.24) is 9.78 Å². The molecule has 8 heteroatoms. The Kier molecular flexibility index (Phi) is 4.41. The Morgan fingerprint density at radius 2 is 2.04 bits per heavy atom. The van der Waals surface area contributed by atoms with Crippen LogP contribution in [0.5, 0.6) is 0 Å². The molecule has 0 bridgehead atoms. The molecule has 136 valence electrons. The number of anilines is 2. The lowest BCUT2D eigenvalue weighted by molar-refractivity contribution is -0.113. The third kappa shape index (κ3) is 3.43. The van der Waals surface area contributed by atoms with E-state index in [4.69, 9.17) is 0 Å². The number of nitrogens with zero attached hydrogens (tertiary/aromatic N) is 2. The Hall–Kier alpha value is -3.13. The van der Waals surface area contributed by atoms with Crippen LogP contribution in [0.15, 0.2) is 53.6 Å². The molecule has 0 radical (unpaired) electrons. The Labute approximate surface area is 158 Å². The zero-order valence-electron chi connectivity index (χ0n) is 14.3. The van der Waals surface area contributed by atoms with Gasteiger partial charge in [-0.25, -0.2) is 9.07 Å². The number of hydrogen-bond acceptors (Lipinski definition) is 4. The fraction of sp³-hybridized carbons (Fsp3) is 0.105. The largest absolute Gasteiger partial charge is 0.324 e. The van der Waals surface area contributed by atoms with Crippen LogP contribution in [0, 0.1) is 12.7 Å². The summed E-state index contributed by atoms with van der Waals surface area (Å²) in [4.78, 5) is 25.1. The predicted molar refractivity (Wildman–Crippen MR) is 102 cm³/mol. The second kappa shape index (κ2) is 6.88. The van der Waals surface area contributed by atoms with Crippen molar-refractivity contribution < 1.29 is 14.0 Å². The topological polar surface area (TPSA) is 76.0 Å². The average molecular weight is 382 g/mol. The lowest BCUT2D eigenvalue weighted by Gasteiger charge is -2.17. The molecule has 2 N–H and O–H groups in total. The molecule has 1 aliphatic rings. The summed E-state index contributed by atoms with van der Waals surface area (Å²) in [5.41, 5.74) is 2.99. The summed E-state index contributed by atoms with van der Waals surface area (Å²) < 4.78 is 14.7. The van der Waals surface area contributed by atoms with Gasteiger partial charge in [-0.3, -0.25) is 9.59 Å². The standard InChI is InChI=1S/C19H15FN4O2S/c1-11-15(9-21-24(11)14-5-2-12(20)3-6-14)19(26)22-13-4-7-17-16(8-13)23-18(25)10-27-17/h2-9H,10H2,1H3,(H,22,26)(H,23,25). The van der Waals surface area contributed by atoms with E-state index in [2.05, 4.69) is 15.7 Å².